The maximum absolute atomic E-state index is 12.9. The molecule has 0 aliphatic rings. The van der Waals surface area contributed by atoms with E-state index in [1.54, 1.807) is 0 Å². The molecule has 3 aromatic rings. The molecule has 0 fully saturated rings. The lowest BCUT2D eigenvalue weighted by molar-refractivity contribution is 0.0938. The number of rotatable bonds is 5. The van der Waals surface area contributed by atoms with E-state index in [9.17, 15) is 4.79 Å². The Morgan fingerprint density at radius 2 is 1.78 bits per heavy atom. The van der Waals surface area contributed by atoms with E-state index in [2.05, 4.69) is 23.4 Å². The highest BCUT2D eigenvalue weighted by Crippen LogP contribution is 2.21. The van der Waals surface area contributed by atoms with Crippen molar-refractivity contribution < 1.29 is 4.79 Å². The van der Waals surface area contributed by atoms with Crippen molar-refractivity contribution in [2.24, 2.45) is 0 Å². The van der Waals surface area contributed by atoms with Gasteiger partial charge in [0.05, 0.1) is 23.8 Å². The van der Waals surface area contributed by atoms with Crippen molar-refractivity contribution in [3.05, 3.63) is 87.2 Å². The van der Waals surface area contributed by atoms with Crippen LogP contribution in [0.25, 0.3) is 0 Å². The zero-order valence-electron chi connectivity index (χ0n) is 16.1. The van der Waals surface area contributed by atoms with Gasteiger partial charge in [0.15, 0.2) is 0 Å². The van der Waals surface area contributed by atoms with Crippen molar-refractivity contribution in [3.8, 4) is 0 Å². The van der Waals surface area contributed by atoms with Crippen LogP contribution in [0.1, 0.15) is 51.4 Å². The molecule has 3 rings (SSSR count). The fourth-order valence-corrected chi connectivity index (χ4v) is 3.58. The van der Waals surface area contributed by atoms with Crippen molar-refractivity contribution in [1.29, 1.82) is 0 Å². The second kappa shape index (κ2) is 7.97. The van der Waals surface area contributed by atoms with Gasteiger partial charge < -0.3 is 5.32 Å². The molecule has 2 aromatic carbocycles. The number of amides is 1. The molecule has 0 aliphatic heterocycles. The Morgan fingerprint density at radius 1 is 1.11 bits per heavy atom. The number of benzene rings is 2. The van der Waals surface area contributed by atoms with Crippen LogP contribution < -0.4 is 5.32 Å². The second-order valence-electron chi connectivity index (χ2n) is 6.85. The number of nitrogens with zero attached hydrogens (tertiary/aromatic N) is 2. The molecule has 1 aromatic heterocycles. The summed E-state index contributed by atoms with van der Waals surface area (Å²) in [7, 11) is 0. The van der Waals surface area contributed by atoms with Gasteiger partial charge >= 0.3 is 0 Å². The third-order valence-corrected chi connectivity index (χ3v) is 5.26. The average molecular weight is 382 g/mol. The fourth-order valence-electron chi connectivity index (χ4n) is 3.39. The first-order valence-corrected chi connectivity index (χ1v) is 9.40. The number of hydrogen-bond donors (Lipinski definition) is 1. The molecule has 0 bridgehead atoms. The predicted octanol–water partition coefficient (Wildman–Crippen LogP) is 5.00. The van der Waals surface area contributed by atoms with Gasteiger partial charge in [0.2, 0.25) is 0 Å². The lowest BCUT2D eigenvalue weighted by Crippen LogP contribution is -2.28. The molecule has 27 heavy (non-hydrogen) atoms. The molecule has 1 amide bonds. The number of carbonyl (C=O) groups is 1. The van der Waals surface area contributed by atoms with Gasteiger partial charge in [0, 0.05) is 10.7 Å². The highest BCUT2D eigenvalue weighted by atomic mass is 35.5. The topological polar surface area (TPSA) is 46.9 Å². The van der Waals surface area contributed by atoms with Crippen LogP contribution in [0, 0.1) is 20.8 Å². The Kier molecular flexibility index (Phi) is 5.66. The fraction of sp³-hybridized carbons (Fsp3) is 0.273. The van der Waals surface area contributed by atoms with E-state index < -0.39 is 0 Å². The summed E-state index contributed by atoms with van der Waals surface area (Å²) in [6.45, 7) is 8.37. The molecule has 0 saturated heterocycles. The van der Waals surface area contributed by atoms with E-state index in [-0.39, 0.29) is 11.9 Å². The zero-order chi connectivity index (χ0) is 19.6. The smallest absolute Gasteiger partial charge is 0.255 e. The van der Waals surface area contributed by atoms with Crippen LogP contribution in [0.2, 0.25) is 5.02 Å². The van der Waals surface area contributed by atoms with E-state index in [1.165, 1.54) is 0 Å². The van der Waals surface area contributed by atoms with Crippen molar-refractivity contribution in [3.63, 3.8) is 0 Å². The number of carbonyl (C=O) groups excluding carboxylic acids is 1. The van der Waals surface area contributed by atoms with Gasteiger partial charge in [-0.15, -0.1) is 0 Å². The van der Waals surface area contributed by atoms with Crippen molar-refractivity contribution >= 4 is 17.5 Å². The number of nitrogens with one attached hydrogen (secondary N) is 1. The van der Waals surface area contributed by atoms with Crippen LogP contribution in [-0.2, 0) is 6.54 Å². The van der Waals surface area contributed by atoms with E-state index in [1.807, 2.05) is 67.9 Å². The number of aromatic nitrogens is 2. The number of hydrogen-bond acceptors (Lipinski definition) is 2. The Labute approximate surface area is 165 Å². The van der Waals surface area contributed by atoms with E-state index in [0.29, 0.717) is 22.8 Å². The van der Waals surface area contributed by atoms with Gasteiger partial charge in [0.1, 0.15) is 0 Å². The number of halogens is 1. The summed E-state index contributed by atoms with van der Waals surface area (Å²) >= 11 is 6.27. The summed E-state index contributed by atoms with van der Waals surface area (Å²) < 4.78 is 1.84. The first kappa shape index (κ1) is 19.2. The summed E-state index contributed by atoms with van der Waals surface area (Å²) in [4.78, 5) is 12.9. The van der Waals surface area contributed by atoms with Crippen LogP contribution >= 0.6 is 11.6 Å². The van der Waals surface area contributed by atoms with Crippen molar-refractivity contribution in [2.45, 2.75) is 40.3 Å². The van der Waals surface area contributed by atoms with Gasteiger partial charge in [-0.25, -0.2) is 0 Å². The summed E-state index contributed by atoms with van der Waals surface area (Å²) in [6, 6.07) is 15.7. The van der Waals surface area contributed by atoms with Crippen LogP contribution in [0.3, 0.4) is 0 Å². The molecular weight excluding hydrogens is 358 g/mol. The molecule has 0 radical (unpaired) electrons. The minimum Gasteiger partial charge on any atom is -0.345 e. The third-order valence-electron chi connectivity index (χ3n) is 4.89. The molecule has 0 saturated carbocycles. The quantitative estimate of drug-likeness (QED) is 0.675. The summed E-state index contributed by atoms with van der Waals surface area (Å²) in [5.74, 6) is -0.105. The first-order valence-electron chi connectivity index (χ1n) is 9.02. The SMILES string of the molecule is Cc1ccccc1C(C)NC(=O)c1c(C)nn(Cc2ccccc2Cl)c1C. The average Bonchev–Trinajstić information content (AvgIpc) is 2.90. The molecule has 1 atom stereocenters. The second-order valence-corrected chi connectivity index (χ2v) is 7.25. The molecule has 1 N–H and O–H groups in total. The predicted molar refractivity (Wildman–Crippen MR) is 109 cm³/mol. The standard InChI is InChI=1S/C22H24ClN3O/c1-14-9-5-7-11-19(14)15(2)24-22(27)21-16(3)25-26(17(21)4)13-18-10-6-8-12-20(18)23/h5-12,15H,13H2,1-4H3,(H,24,27). The van der Waals surface area contributed by atoms with Gasteiger partial charge in [-0.1, -0.05) is 54.1 Å². The minimum absolute atomic E-state index is 0.0792. The Bertz CT molecular complexity index is 977. The molecular formula is C22H24ClN3O. The highest BCUT2D eigenvalue weighted by Gasteiger charge is 2.21. The molecule has 1 heterocycles. The molecule has 140 valence electrons. The van der Waals surface area contributed by atoms with Gasteiger partial charge in [-0.2, -0.15) is 5.10 Å². The van der Waals surface area contributed by atoms with Crippen LogP contribution in [0.15, 0.2) is 48.5 Å². The lowest BCUT2D eigenvalue weighted by Gasteiger charge is -2.16. The van der Waals surface area contributed by atoms with E-state index >= 15 is 0 Å². The van der Waals surface area contributed by atoms with Gasteiger partial charge in [0.25, 0.3) is 5.91 Å². The molecule has 0 aliphatic carbocycles. The zero-order valence-corrected chi connectivity index (χ0v) is 16.8. The van der Waals surface area contributed by atoms with Crippen molar-refractivity contribution in [2.75, 3.05) is 0 Å². The molecule has 5 heteroatoms. The summed E-state index contributed by atoms with van der Waals surface area (Å²) in [5, 5.41) is 8.37. The third kappa shape index (κ3) is 4.06. The Balaban J connectivity index is 1.83. The summed E-state index contributed by atoms with van der Waals surface area (Å²) in [6.07, 6.45) is 0. The van der Waals surface area contributed by atoms with Gasteiger partial charge in [-0.05, 0) is 50.5 Å². The monoisotopic (exact) mass is 381 g/mol. The van der Waals surface area contributed by atoms with Gasteiger partial charge in [-0.3, -0.25) is 9.48 Å². The summed E-state index contributed by atoms with van der Waals surface area (Å²) in [5.41, 5.74) is 5.43. The Morgan fingerprint density at radius 3 is 2.48 bits per heavy atom. The maximum Gasteiger partial charge on any atom is 0.255 e. The molecule has 4 nitrogen and oxygen atoms in total. The van der Waals surface area contributed by atoms with E-state index in [4.69, 9.17) is 11.6 Å². The van der Waals surface area contributed by atoms with Crippen molar-refractivity contribution in [1.82, 2.24) is 15.1 Å². The normalized spacial score (nSPS) is 12.0. The van der Waals surface area contributed by atoms with Crippen LogP contribution in [-0.4, -0.2) is 15.7 Å². The minimum atomic E-state index is -0.105. The van der Waals surface area contributed by atoms with Crippen LogP contribution in [0.4, 0.5) is 0 Å². The Hall–Kier alpha value is -2.59. The maximum atomic E-state index is 12.9. The highest BCUT2D eigenvalue weighted by molar-refractivity contribution is 6.31. The van der Waals surface area contributed by atoms with E-state index in [0.717, 1.165) is 22.4 Å². The largest absolute Gasteiger partial charge is 0.345 e. The number of aryl methyl sites for hydroxylation is 2. The van der Waals surface area contributed by atoms with Crippen LogP contribution in [0.5, 0.6) is 0 Å². The molecule has 0 spiro atoms. The first-order chi connectivity index (χ1) is 12.9. The molecule has 1 unspecified atom stereocenters. The lowest BCUT2D eigenvalue weighted by atomic mass is 10.0.